The van der Waals surface area contributed by atoms with Crippen LogP contribution in [0.4, 0.5) is 0 Å². The highest BCUT2D eigenvalue weighted by molar-refractivity contribution is 7.89. The first-order valence-corrected chi connectivity index (χ1v) is 6.70. The van der Waals surface area contributed by atoms with E-state index in [0.29, 0.717) is 13.1 Å². The van der Waals surface area contributed by atoms with Crippen LogP contribution in [0.3, 0.4) is 0 Å². The third-order valence-corrected chi connectivity index (χ3v) is 4.03. The zero-order valence-corrected chi connectivity index (χ0v) is 10.4. The topological polar surface area (TPSA) is 49.4 Å². The van der Waals surface area contributed by atoms with Gasteiger partial charge < -0.3 is 5.32 Å². The second kappa shape index (κ2) is 6.37. The van der Waals surface area contributed by atoms with Crippen LogP contribution in [0.25, 0.3) is 0 Å². The van der Waals surface area contributed by atoms with Crippen LogP contribution in [0.2, 0.25) is 0 Å². The number of nitrogens with zero attached hydrogens (tertiary/aromatic N) is 1. The van der Waals surface area contributed by atoms with Gasteiger partial charge in [-0.25, -0.2) is 8.42 Å². The number of sulfonamides is 1. The SMILES string of the molecule is CCCN(C(C)C)S(=O)(=O)CCNC. The molecule has 0 spiro atoms. The van der Waals surface area contributed by atoms with Crippen molar-refractivity contribution in [3.8, 4) is 0 Å². The zero-order chi connectivity index (χ0) is 11.2. The lowest BCUT2D eigenvalue weighted by atomic mass is 10.4. The Bertz CT molecular complexity index is 237. The van der Waals surface area contributed by atoms with Gasteiger partial charge in [-0.3, -0.25) is 0 Å². The number of hydrogen-bond acceptors (Lipinski definition) is 3. The van der Waals surface area contributed by atoms with E-state index in [1.54, 1.807) is 11.4 Å². The molecule has 86 valence electrons. The Hall–Kier alpha value is -0.130. The summed E-state index contributed by atoms with van der Waals surface area (Å²) in [6.45, 7) is 6.93. The van der Waals surface area contributed by atoms with Crippen molar-refractivity contribution in [2.45, 2.75) is 33.2 Å². The predicted octanol–water partition coefficient (Wildman–Crippen LogP) is 0.656. The van der Waals surface area contributed by atoms with E-state index in [-0.39, 0.29) is 11.8 Å². The van der Waals surface area contributed by atoms with Gasteiger partial charge in [-0.05, 0) is 27.3 Å². The maximum Gasteiger partial charge on any atom is 0.215 e. The zero-order valence-electron chi connectivity index (χ0n) is 9.58. The number of rotatable bonds is 7. The van der Waals surface area contributed by atoms with Crippen molar-refractivity contribution in [3.05, 3.63) is 0 Å². The fraction of sp³-hybridized carbons (Fsp3) is 1.00. The molecule has 5 heteroatoms. The lowest BCUT2D eigenvalue weighted by Gasteiger charge is -2.25. The van der Waals surface area contributed by atoms with E-state index >= 15 is 0 Å². The van der Waals surface area contributed by atoms with Crippen LogP contribution in [0.15, 0.2) is 0 Å². The Kier molecular flexibility index (Phi) is 6.31. The van der Waals surface area contributed by atoms with E-state index in [9.17, 15) is 8.42 Å². The molecule has 0 fully saturated rings. The summed E-state index contributed by atoms with van der Waals surface area (Å²) >= 11 is 0. The normalized spacial score (nSPS) is 12.7. The predicted molar refractivity (Wildman–Crippen MR) is 59.8 cm³/mol. The smallest absolute Gasteiger partial charge is 0.215 e. The van der Waals surface area contributed by atoms with Gasteiger partial charge in [0.1, 0.15) is 0 Å². The molecule has 0 heterocycles. The summed E-state index contributed by atoms with van der Waals surface area (Å²) in [7, 11) is -1.32. The lowest BCUT2D eigenvalue weighted by Crippen LogP contribution is -2.40. The van der Waals surface area contributed by atoms with Crippen molar-refractivity contribution in [3.63, 3.8) is 0 Å². The molecule has 0 saturated carbocycles. The maximum atomic E-state index is 11.8. The summed E-state index contributed by atoms with van der Waals surface area (Å²) in [4.78, 5) is 0. The second-order valence-corrected chi connectivity index (χ2v) is 5.67. The Balaban J connectivity index is 4.46. The maximum absolute atomic E-state index is 11.8. The van der Waals surface area contributed by atoms with Crippen LogP contribution in [-0.4, -0.2) is 44.7 Å². The molecule has 0 aliphatic heterocycles. The molecule has 0 radical (unpaired) electrons. The lowest BCUT2D eigenvalue weighted by molar-refractivity contribution is 0.354. The fourth-order valence-corrected chi connectivity index (χ4v) is 3.09. The van der Waals surface area contributed by atoms with Gasteiger partial charge in [0, 0.05) is 19.1 Å². The highest BCUT2D eigenvalue weighted by atomic mass is 32.2. The summed E-state index contributed by atoms with van der Waals surface area (Å²) < 4.78 is 25.2. The van der Waals surface area contributed by atoms with Gasteiger partial charge in [-0.15, -0.1) is 0 Å². The molecule has 0 atom stereocenters. The monoisotopic (exact) mass is 222 g/mol. The van der Waals surface area contributed by atoms with E-state index < -0.39 is 10.0 Å². The molecular weight excluding hydrogens is 200 g/mol. The van der Waals surface area contributed by atoms with E-state index in [1.807, 2.05) is 20.8 Å². The van der Waals surface area contributed by atoms with Crippen LogP contribution in [0.1, 0.15) is 27.2 Å². The third kappa shape index (κ3) is 4.39. The van der Waals surface area contributed by atoms with Gasteiger partial charge >= 0.3 is 0 Å². The van der Waals surface area contributed by atoms with E-state index in [4.69, 9.17) is 0 Å². The quantitative estimate of drug-likeness (QED) is 0.688. The minimum Gasteiger partial charge on any atom is -0.319 e. The van der Waals surface area contributed by atoms with E-state index in [0.717, 1.165) is 6.42 Å². The Morgan fingerprint density at radius 3 is 2.29 bits per heavy atom. The number of hydrogen-bond donors (Lipinski definition) is 1. The van der Waals surface area contributed by atoms with Gasteiger partial charge in [-0.2, -0.15) is 4.31 Å². The van der Waals surface area contributed by atoms with Crippen LogP contribution in [-0.2, 0) is 10.0 Å². The molecule has 0 aliphatic carbocycles. The molecule has 0 bridgehead atoms. The highest BCUT2D eigenvalue weighted by Crippen LogP contribution is 2.07. The summed E-state index contributed by atoms with van der Waals surface area (Å²) in [6, 6.07) is 0.0526. The first-order valence-electron chi connectivity index (χ1n) is 5.09. The van der Waals surface area contributed by atoms with E-state index in [1.165, 1.54) is 0 Å². The molecule has 0 aromatic heterocycles. The highest BCUT2D eigenvalue weighted by Gasteiger charge is 2.22. The molecule has 4 nitrogen and oxygen atoms in total. The van der Waals surface area contributed by atoms with Crippen molar-refractivity contribution < 1.29 is 8.42 Å². The van der Waals surface area contributed by atoms with Crippen LogP contribution in [0, 0.1) is 0 Å². The van der Waals surface area contributed by atoms with Gasteiger partial charge in [0.15, 0.2) is 0 Å². The second-order valence-electron chi connectivity index (χ2n) is 3.62. The van der Waals surface area contributed by atoms with Gasteiger partial charge in [0.05, 0.1) is 5.75 Å². The van der Waals surface area contributed by atoms with Crippen molar-refractivity contribution >= 4 is 10.0 Å². The largest absolute Gasteiger partial charge is 0.319 e. The summed E-state index contributed by atoms with van der Waals surface area (Å²) in [6.07, 6.45) is 0.858. The van der Waals surface area contributed by atoms with Crippen LogP contribution < -0.4 is 5.32 Å². The third-order valence-electron chi connectivity index (χ3n) is 1.99. The van der Waals surface area contributed by atoms with Crippen molar-refractivity contribution in [2.24, 2.45) is 0 Å². The average Bonchev–Trinajstić information content (AvgIpc) is 2.10. The molecule has 0 unspecified atom stereocenters. The molecule has 0 rings (SSSR count). The molecule has 14 heavy (non-hydrogen) atoms. The Morgan fingerprint density at radius 1 is 1.36 bits per heavy atom. The van der Waals surface area contributed by atoms with Crippen LogP contribution in [0.5, 0.6) is 0 Å². The van der Waals surface area contributed by atoms with Gasteiger partial charge in [0.2, 0.25) is 10.0 Å². The Labute approximate surface area is 87.7 Å². The van der Waals surface area contributed by atoms with Crippen molar-refractivity contribution in [1.82, 2.24) is 9.62 Å². The number of nitrogens with one attached hydrogen (secondary N) is 1. The van der Waals surface area contributed by atoms with Gasteiger partial charge in [0.25, 0.3) is 0 Å². The molecule has 0 saturated heterocycles. The summed E-state index contributed by atoms with van der Waals surface area (Å²) in [5, 5.41) is 2.85. The standard InChI is InChI=1S/C9H22N2O2S/c1-5-7-11(9(2)3)14(12,13)8-6-10-4/h9-10H,5-8H2,1-4H3. The first kappa shape index (κ1) is 13.9. The van der Waals surface area contributed by atoms with E-state index in [2.05, 4.69) is 5.32 Å². The molecule has 0 aliphatic rings. The summed E-state index contributed by atoms with van der Waals surface area (Å²) in [5.74, 6) is 0.182. The van der Waals surface area contributed by atoms with Crippen molar-refractivity contribution in [2.75, 3.05) is 25.9 Å². The molecule has 0 amide bonds. The molecule has 0 aromatic carbocycles. The van der Waals surface area contributed by atoms with Crippen LogP contribution >= 0.6 is 0 Å². The minimum atomic E-state index is -3.08. The van der Waals surface area contributed by atoms with Gasteiger partial charge in [-0.1, -0.05) is 6.92 Å². The fourth-order valence-electron chi connectivity index (χ4n) is 1.29. The van der Waals surface area contributed by atoms with Crippen molar-refractivity contribution in [1.29, 1.82) is 0 Å². The first-order chi connectivity index (χ1) is 6.45. The summed E-state index contributed by atoms with van der Waals surface area (Å²) in [5.41, 5.74) is 0. The minimum absolute atomic E-state index is 0.0526. The molecular formula is C9H22N2O2S. The average molecular weight is 222 g/mol. The molecule has 1 N–H and O–H groups in total. The molecule has 0 aromatic rings. The Morgan fingerprint density at radius 2 is 1.93 bits per heavy atom.